The van der Waals surface area contributed by atoms with Gasteiger partial charge in [-0.2, -0.15) is 0 Å². The standard InChI is InChI=1S/C25H28O10/c1-11(2)21(28)32-16-9-25(6)15(17(12(3)26)23(30)35-25)7-8-24(5)20(34-24)19-18(16)14(22(29)33-19)10-31-13(4)27/h16,19-20H,1,7-10H2,2-6H3/t16-,19-,20+,24+,25+/m0/s1. The summed E-state index contributed by atoms with van der Waals surface area (Å²) < 4.78 is 28.2. The molecule has 2 fully saturated rings. The van der Waals surface area contributed by atoms with Crippen LogP contribution in [0.25, 0.3) is 0 Å². The molecule has 0 radical (unpaired) electrons. The minimum absolute atomic E-state index is 0.0248. The largest absolute Gasteiger partial charge is 0.461 e. The first-order valence-corrected chi connectivity index (χ1v) is 11.4. The number of carbonyl (C=O) groups is 5. The first kappa shape index (κ1) is 24.8. The molecule has 0 spiro atoms. The Bertz CT molecular complexity index is 1130. The lowest BCUT2D eigenvalue weighted by atomic mass is 9.78. The van der Waals surface area contributed by atoms with Gasteiger partial charge in [-0.25, -0.2) is 14.4 Å². The van der Waals surface area contributed by atoms with E-state index in [0.717, 1.165) is 0 Å². The zero-order chi connectivity index (χ0) is 25.9. The molecule has 1 aliphatic carbocycles. The first-order valence-electron chi connectivity index (χ1n) is 11.4. The maximum atomic E-state index is 12.9. The number of ketones is 1. The third-order valence-corrected chi connectivity index (χ3v) is 6.98. The molecule has 0 N–H and O–H groups in total. The Kier molecular flexibility index (Phi) is 5.99. The van der Waals surface area contributed by atoms with Gasteiger partial charge in [0.25, 0.3) is 0 Å². The van der Waals surface area contributed by atoms with E-state index in [9.17, 15) is 24.0 Å². The Morgan fingerprint density at radius 2 is 1.80 bits per heavy atom. The molecule has 10 nitrogen and oxygen atoms in total. The molecule has 0 aromatic rings. The van der Waals surface area contributed by atoms with Crippen molar-refractivity contribution in [3.05, 3.63) is 34.4 Å². The minimum Gasteiger partial charge on any atom is -0.461 e. The lowest BCUT2D eigenvalue weighted by Gasteiger charge is -2.34. The van der Waals surface area contributed by atoms with Crippen LogP contribution < -0.4 is 0 Å². The van der Waals surface area contributed by atoms with Crippen LogP contribution in [-0.2, 0) is 47.7 Å². The van der Waals surface area contributed by atoms with Gasteiger partial charge in [-0.1, -0.05) is 6.58 Å². The normalized spacial score (nSPS) is 33.7. The number of epoxide rings is 1. The van der Waals surface area contributed by atoms with Crippen LogP contribution in [0.4, 0.5) is 0 Å². The molecule has 1 saturated heterocycles. The molecular weight excluding hydrogens is 460 g/mol. The predicted molar refractivity (Wildman–Crippen MR) is 118 cm³/mol. The first-order chi connectivity index (χ1) is 16.3. The fourth-order valence-corrected chi connectivity index (χ4v) is 5.08. The van der Waals surface area contributed by atoms with Crippen LogP contribution in [0.2, 0.25) is 0 Å². The fraction of sp³-hybridized carbons (Fsp3) is 0.560. The van der Waals surface area contributed by atoms with Gasteiger partial charge < -0.3 is 23.7 Å². The lowest BCUT2D eigenvalue weighted by molar-refractivity contribution is -0.152. The van der Waals surface area contributed by atoms with E-state index < -0.39 is 59.2 Å². The van der Waals surface area contributed by atoms with Gasteiger partial charge >= 0.3 is 23.9 Å². The minimum atomic E-state index is -1.30. The predicted octanol–water partition coefficient (Wildman–Crippen LogP) is 1.80. The van der Waals surface area contributed by atoms with Crippen molar-refractivity contribution >= 4 is 29.7 Å². The van der Waals surface area contributed by atoms with Crippen molar-refractivity contribution in [2.24, 2.45) is 0 Å². The summed E-state index contributed by atoms with van der Waals surface area (Å²) in [6.07, 6.45) is -1.88. The van der Waals surface area contributed by atoms with Crippen LogP contribution in [0.15, 0.2) is 34.4 Å². The summed E-state index contributed by atoms with van der Waals surface area (Å²) in [7, 11) is 0. The van der Waals surface area contributed by atoms with Gasteiger partial charge in [-0.05, 0) is 46.1 Å². The summed E-state index contributed by atoms with van der Waals surface area (Å²) in [4.78, 5) is 62.0. The highest BCUT2D eigenvalue weighted by molar-refractivity contribution is 6.18. The number of esters is 4. The second-order valence-electron chi connectivity index (χ2n) is 9.80. The number of hydrogen-bond acceptors (Lipinski definition) is 10. The molecule has 0 aromatic carbocycles. The number of rotatable bonds is 5. The van der Waals surface area contributed by atoms with Gasteiger partial charge in [0.2, 0.25) is 0 Å². The molecule has 3 heterocycles. The average Bonchev–Trinajstić information content (AvgIpc) is 3.18. The zero-order valence-corrected chi connectivity index (χ0v) is 20.4. The number of carbonyl (C=O) groups excluding carboxylic acids is 5. The van der Waals surface area contributed by atoms with Crippen molar-refractivity contribution < 1.29 is 47.7 Å². The van der Waals surface area contributed by atoms with Crippen molar-refractivity contribution in [2.45, 2.75) is 83.4 Å². The van der Waals surface area contributed by atoms with Crippen LogP contribution in [0, 0.1) is 0 Å². The lowest BCUT2D eigenvalue weighted by Crippen LogP contribution is -2.41. The van der Waals surface area contributed by atoms with E-state index in [0.29, 0.717) is 18.4 Å². The van der Waals surface area contributed by atoms with Gasteiger partial charge in [-0.3, -0.25) is 9.59 Å². The quantitative estimate of drug-likeness (QED) is 0.185. The SMILES string of the molecule is C=C(C)C(=O)O[C@H]1C[C@@]2(C)OC(=O)C(C(C)=O)=C2CC[C@@]2(C)O[C@@H]2[C@H]2OC(=O)C(COC(C)=O)=C12. The van der Waals surface area contributed by atoms with Crippen LogP contribution in [-0.4, -0.2) is 65.8 Å². The highest BCUT2D eigenvalue weighted by atomic mass is 16.7. The van der Waals surface area contributed by atoms with Crippen molar-refractivity contribution in [1.29, 1.82) is 0 Å². The van der Waals surface area contributed by atoms with Crippen LogP contribution >= 0.6 is 0 Å². The number of ether oxygens (including phenoxy) is 5. The summed E-state index contributed by atoms with van der Waals surface area (Å²) in [5, 5.41) is 0. The molecule has 0 aromatic heterocycles. The maximum Gasteiger partial charge on any atom is 0.342 e. The second kappa shape index (κ2) is 8.44. The Hall–Kier alpha value is -3.27. The van der Waals surface area contributed by atoms with Gasteiger partial charge in [0.15, 0.2) is 11.9 Å². The number of hydrogen-bond donors (Lipinski definition) is 0. The summed E-state index contributed by atoms with van der Waals surface area (Å²) >= 11 is 0. The summed E-state index contributed by atoms with van der Waals surface area (Å²) in [5.41, 5.74) is -1.12. The summed E-state index contributed by atoms with van der Waals surface area (Å²) in [5.74, 6) is -3.22. The average molecular weight is 488 g/mol. The smallest absolute Gasteiger partial charge is 0.342 e. The van der Waals surface area contributed by atoms with Gasteiger partial charge in [0.05, 0.1) is 11.2 Å². The molecule has 0 bridgehead atoms. The Morgan fingerprint density at radius 3 is 2.40 bits per heavy atom. The maximum absolute atomic E-state index is 12.9. The highest BCUT2D eigenvalue weighted by Gasteiger charge is 2.63. The number of Topliss-reactive ketones (excluding diaryl/α,β-unsaturated/α-hetero) is 1. The Morgan fingerprint density at radius 1 is 1.11 bits per heavy atom. The molecule has 0 amide bonds. The van der Waals surface area contributed by atoms with Crippen LogP contribution in [0.1, 0.15) is 53.9 Å². The summed E-state index contributed by atoms with van der Waals surface area (Å²) in [6.45, 7) is 10.7. The van der Waals surface area contributed by atoms with E-state index in [1.807, 2.05) is 6.92 Å². The van der Waals surface area contributed by atoms with E-state index in [4.69, 9.17) is 23.7 Å². The van der Waals surface area contributed by atoms with Crippen LogP contribution in [0.3, 0.4) is 0 Å². The molecule has 188 valence electrons. The molecule has 35 heavy (non-hydrogen) atoms. The second-order valence-corrected chi connectivity index (χ2v) is 9.80. The van der Waals surface area contributed by atoms with E-state index in [1.54, 1.807) is 6.92 Å². The van der Waals surface area contributed by atoms with E-state index >= 15 is 0 Å². The fourth-order valence-electron chi connectivity index (χ4n) is 5.08. The molecule has 3 aliphatic heterocycles. The molecule has 0 unspecified atom stereocenters. The van der Waals surface area contributed by atoms with Crippen molar-refractivity contribution in [3.8, 4) is 0 Å². The van der Waals surface area contributed by atoms with E-state index in [-0.39, 0.29) is 35.3 Å². The molecule has 4 aliphatic rings. The van der Waals surface area contributed by atoms with Crippen molar-refractivity contribution in [3.63, 3.8) is 0 Å². The third kappa shape index (κ3) is 4.31. The van der Waals surface area contributed by atoms with E-state index in [2.05, 4.69) is 6.58 Å². The molecule has 4 rings (SSSR count). The highest BCUT2D eigenvalue weighted by Crippen LogP contribution is 2.52. The molecule has 5 atom stereocenters. The molecule has 1 saturated carbocycles. The number of fused-ring (bicyclic) bond motifs is 4. The zero-order valence-electron chi connectivity index (χ0n) is 20.4. The van der Waals surface area contributed by atoms with Gasteiger partial charge in [-0.15, -0.1) is 0 Å². The van der Waals surface area contributed by atoms with Gasteiger partial charge in [0.1, 0.15) is 30.0 Å². The third-order valence-electron chi connectivity index (χ3n) is 6.98. The molecular formula is C25H28O10. The van der Waals surface area contributed by atoms with Crippen molar-refractivity contribution in [1.82, 2.24) is 0 Å². The van der Waals surface area contributed by atoms with Crippen molar-refractivity contribution in [2.75, 3.05) is 6.61 Å². The molecule has 10 heteroatoms. The topological polar surface area (TPSA) is 135 Å². The van der Waals surface area contributed by atoms with Crippen LogP contribution in [0.5, 0.6) is 0 Å². The van der Waals surface area contributed by atoms with E-state index in [1.165, 1.54) is 20.8 Å². The Labute approximate surface area is 202 Å². The monoisotopic (exact) mass is 488 g/mol. The van der Waals surface area contributed by atoms with Gasteiger partial charge in [0, 0.05) is 24.5 Å². The summed E-state index contributed by atoms with van der Waals surface area (Å²) in [6, 6.07) is 0. The Balaban J connectivity index is 1.88.